The van der Waals surface area contributed by atoms with Gasteiger partial charge in [-0.25, -0.2) is 4.79 Å². The second kappa shape index (κ2) is 3.27. The molecule has 2 saturated heterocycles. The number of cyclic esters (lactones) is 1. The molecule has 0 aliphatic carbocycles. The van der Waals surface area contributed by atoms with Crippen molar-refractivity contribution >= 4 is 5.97 Å². The summed E-state index contributed by atoms with van der Waals surface area (Å²) < 4.78 is 4.90. The molecule has 2 fully saturated rings. The van der Waals surface area contributed by atoms with Crippen LogP contribution in [0.5, 0.6) is 0 Å². The molecule has 12 heavy (non-hydrogen) atoms. The van der Waals surface area contributed by atoms with Crippen molar-refractivity contribution in [2.75, 3.05) is 19.7 Å². The molecule has 3 heteroatoms. The average molecular weight is 167 g/mol. The van der Waals surface area contributed by atoms with Crippen LogP contribution in [0.2, 0.25) is 0 Å². The number of ether oxygens (including phenoxy) is 1. The fraction of sp³-hybridized carbons (Fsp3) is 0.667. The number of rotatable bonds is 0. The SMILES string of the molecule is O=C1OCCC1=C1CCNCC1. The lowest BCUT2D eigenvalue weighted by Crippen LogP contribution is -2.24. The van der Waals surface area contributed by atoms with Gasteiger partial charge in [0.05, 0.1) is 6.61 Å². The summed E-state index contributed by atoms with van der Waals surface area (Å²) in [6.45, 7) is 2.60. The fourth-order valence-corrected chi connectivity index (χ4v) is 1.79. The lowest BCUT2D eigenvalue weighted by Gasteiger charge is -2.16. The largest absolute Gasteiger partial charge is 0.462 e. The molecule has 66 valence electrons. The van der Waals surface area contributed by atoms with Gasteiger partial charge in [0.15, 0.2) is 0 Å². The number of esters is 1. The van der Waals surface area contributed by atoms with E-state index in [0.717, 1.165) is 37.9 Å². The van der Waals surface area contributed by atoms with Gasteiger partial charge in [-0.15, -0.1) is 0 Å². The van der Waals surface area contributed by atoms with Crippen LogP contribution in [0.1, 0.15) is 19.3 Å². The lowest BCUT2D eigenvalue weighted by molar-refractivity contribution is -0.135. The molecule has 0 saturated carbocycles. The minimum atomic E-state index is -0.0769. The molecule has 3 nitrogen and oxygen atoms in total. The van der Waals surface area contributed by atoms with E-state index in [1.54, 1.807) is 0 Å². The zero-order valence-electron chi connectivity index (χ0n) is 7.06. The Labute approximate surface area is 71.8 Å². The monoisotopic (exact) mass is 167 g/mol. The molecule has 2 aliphatic rings. The maximum absolute atomic E-state index is 11.2. The first-order valence-corrected chi connectivity index (χ1v) is 4.46. The van der Waals surface area contributed by atoms with Gasteiger partial charge < -0.3 is 10.1 Å². The molecule has 0 aromatic heterocycles. The third-order valence-corrected chi connectivity index (χ3v) is 2.47. The highest BCUT2D eigenvalue weighted by Gasteiger charge is 2.23. The first-order valence-electron chi connectivity index (χ1n) is 4.46. The minimum Gasteiger partial charge on any atom is -0.462 e. The maximum atomic E-state index is 11.2. The van der Waals surface area contributed by atoms with E-state index in [9.17, 15) is 4.79 Å². The second-order valence-electron chi connectivity index (χ2n) is 3.22. The summed E-state index contributed by atoms with van der Waals surface area (Å²) in [5, 5.41) is 3.27. The van der Waals surface area contributed by atoms with E-state index < -0.39 is 0 Å². The van der Waals surface area contributed by atoms with Crippen molar-refractivity contribution < 1.29 is 9.53 Å². The topological polar surface area (TPSA) is 38.3 Å². The minimum absolute atomic E-state index is 0.0769. The molecule has 0 bridgehead atoms. The fourth-order valence-electron chi connectivity index (χ4n) is 1.79. The normalized spacial score (nSPS) is 24.5. The molecule has 2 rings (SSSR count). The van der Waals surface area contributed by atoms with E-state index in [0.29, 0.717) is 6.61 Å². The van der Waals surface area contributed by atoms with Gasteiger partial charge in [-0.1, -0.05) is 5.57 Å². The van der Waals surface area contributed by atoms with Crippen LogP contribution in [0.15, 0.2) is 11.1 Å². The van der Waals surface area contributed by atoms with Gasteiger partial charge >= 0.3 is 5.97 Å². The van der Waals surface area contributed by atoms with E-state index in [1.165, 1.54) is 5.57 Å². The summed E-state index contributed by atoms with van der Waals surface area (Å²) in [5.74, 6) is -0.0769. The highest BCUT2D eigenvalue weighted by molar-refractivity contribution is 5.91. The van der Waals surface area contributed by atoms with E-state index in [-0.39, 0.29) is 5.97 Å². The second-order valence-corrected chi connectivity index (χ2v) is 3.22. The Balaban J connectivity index is 2.16. The summed E-state index contributed by atoms with van der Waals surface area (Å²) in [6.07, 6.45) is 2.86. The predicted octanol–water partition coefficient (Wildman–Crippen LogP) is 0.613. The quantitative estimate of drug-likeness (QED) is 0.424. The third kappa shape index (κ3) is 1.37. The van der Waals surface area contributed by atoms with Gasteiger partial charge in [0.2, 0.25) is 0 Å². The van der Waals surface area contributed by atoms with Gasteiger partial charge in [0, 0.05) is 12.0 Å². The van der Waals surface area contributed by atoms with Crippen LogP contribution in [0.4, 0.5) is 0 Å². The van der Waals surface area contributed by atoms with Crippen LogP contribution in [0, 0.1) is 0 Å². The maximum Gasteiger partial charge on any atom is 0.334 e. The molecule has 0 radical (unpaired) electrons. The highest BCUT2D eigenvalue weighted by Crippen LogP contribution is 2.23. The summed E-state index contributed by atoms with van der Waals surface area (Å²) in [4.78, 5) is 11.2. The third-order valence-electron chi connectivity index (χ3n) is 2.47. The average Bonchev–Trinajstić information content (AvgIpc) is 2.53. The number of hydrogen-bond acceptors (Lipinski definition) is 3. The highest BCUT2D eigenvalue weighted by atomic mass is 16.5. The van der Waals surface area contributed by atoms with Crippen LogP contribution < -0.4 is 5.32 Å². The molecule has 0 atom stereocenters. The predicted molar refractivity (Wildman–Crippen MR) is 44.7 cm³/mol. The molecular weight excluding hydrogens is 154 g/mol. The van der Waals surface area contributed by atoms with E-state index >= 15 is 0 Å². The number of nitrogens with one attached hydrogen (secondary N) is 1. The number of carbonyl (C=O) groups is 1. The van der Waals surface area contributed by atoms with Gasteiger partial charge in [-0.05, 0) is 25.9 Å². The molecule has 1 N–H and O–H groups in total. The van der Waals surface area contributed by atoms with Crippen molar-refractivity contribution in [2.45, 2.75) is 19.3 Å². The zero-order valence-corrected chi connectivity index (χ0v) is 7.06. The first kappa shape index (κ1) is 7.80. The number of hydrogen-bond donors (Lipinski definition) is 1. The Morgan fingerprint density at radius 2 is 1.92 bits per heavy atom. The molecule has 0 unspecified atom stereocenters. The standard InChI is InChI=1S/C9H13NO2/c11-9-8(3-6-12-9)7-1-4-10-5-2-7/h10H,1-6H2. The van der Waals surface area contributed by atoms with Gasteiger partial charge in [0.25, 0.3) is 0 Å². The van der Waals surface area contributed by atoms with Crippen molar-refractivity contribution in [3.05, 3.63) is 11.1 Å². The molecular formula is C9H13NO2. The van der Waals surface area contributed by atoms with Crippen LogP contribution in [-0.4, -0.2) is 25.7 Å². The Morgan fingerprint density at radius 1 is 1.17 bits per heavy atom. The van der Waals surface area contributed by atoms with Crippen LogP contribution in [0.3, 0.4) is 0 Å². The first-order chi connectivity index (χ1) is 5.88. The molecule has 0 spiro atoms. The van der Waals surface area contributed by atoms with Crippen LogP contribution >= 0.6 is 0 Å². The lowest BCUT2D eigenvalue weighted by atomic mass is 9.98. The Bertz CT molecular complexity index is 225. The Kier molecular flexibility index (Phi) is 2.13. The van der Waals surface area contributed by atoms with Gasteiger partial charge in [0.1, 0.15) is 0 Å². The van der Waals surface area contributed by atoms with Gasteiger partial charge in [-0.3, -0.25) is 0 Å². The van der Waals surface area contributed by atoms with E-state index in [1.807, 2.05) is 0 Å². The summed E-state index contributed by atoms with van der Waals surface area (Å²) >= 11 is 0. The Hall–Kier alpha value is -0.830. The van der Waals surface area contributed by atoms with Crippen molar-refractivity contribution in [1.82, 2.24) is 5.32 Å². The summed E-state index contributed by atoms with van der Waals surface area (Å²) in [5.41, 5.74) is 2.27. The molecule has 2 aliphatic heterocycles. The van der Waals surface area contributed by atoms with Crippen molar-refractivity contribution in [3.8, 4) is 0 Å². The van der Waals surface area contributed by atoms with Crippen molar-refractivity contribution in [3.63, 3.8) is 0 Å². The Morgan fingerprint density at radius 3 is 2.50 bits per heavy atom. The molecule has 0 amide bonds. The van der Waals surface area contributed by atoms with Crippen LogP contribution in [0.25, 0.3) is 0 Å². The summed E-state index contributed by atoms with van der Waals surface area (Å²) in [7, 11) is 0. The molecule has 2 heterocycles. The van der Waals surface area contributed by atoms with Crippen LogP contribution in [-0.2, 0) is 9.53 Å². The number of carbonyl (C=O) groups excluding carboxylic acids is 1. The van der Waals surface area contributed by atoms with E-state index in [4.69, 9.17) is 4.74 Å². The summed E-state index contributed by atoms with van der Waals surface area (Å²) in [6, 6.07) is 0. The van der Waals surface area contributed by atoms with Crippen molar-refractivity contribution in [1.29, 1.82) is 0 Å². The van der Waals surface area contributed by atoms with Gasteiger partial charge in [-0.2, -0.15) is 0 Å². The van der Waals surface area contributed by atoms with E-state index in [2.05, 4.69) is 5.32 Å². The molecule has 0 aromatic carbocycles. The molecule has 0 aromatic rings. The smallest absolute Gasteiger partial charge is 0.334 e. The zero-order chi connectivity index (χ0) is 8.39. The van der Waals surface area contributed by atoms with Crippen molar-refractivity contribution in [2.24, 2.45) is 0 Å². The number of piperidine rings is 1.